The largest absolute Gasteiger partial charge is 0.337 e. The summed E-state index contributed by atoms with van der Waals surface area (Å²) >= 11 is 1.68. The number of rotatable bonds is 8. The van der Waals surface area contributed by atoms with E-state index in [0.29, 0.717) is 6.54 Å². The molecule has 0 saturated heterocycles. The number of carbonyl (C=O) groups is 1. The van der Waals surface area contributed by atoms with E-state index in [0.717, 1.165) is 12.8 Å². The van der Waals surface area contributed by atoms with E-state index in [1.54, 1.807) is 11.3 Å². The SMILES string of the molecule is CN(C)[C@@H](CNC(=O)NC(C)(C)Cc1ccsc1)Cc1ccccc1. The molecule has 0 bridgehead atoms. The highest BCUT2D eigenvalue weighted by Gasteiger charge is 2.22. The topological polar surface area (TPSA) is 44.4 Å². The van der Waals surface area contributed by atoms with Crippen LogP contribution >= 0.6 is 11.3 Å². The highest BCUT2D eigenvalue weighted by atomic mass is 32.1. The van der Waals surface area contributed by atoms with Crippen LogP contribution in [0.1, 0.15) is 25.0 Å². The molecule has 2 rings (SSSR count). The lowest BCUT2D eigenvalue weighted by molar-refractivity contribution is 0.222. The van der Waals surface area contributed by atoms with Gasteiger partial charge in [0.25, 0.3) is 0 Å². The van der Waals surface area contributed by atoms with Gasteiger partial charge in [-0.2, -0.15) is 11.3 Å². The predicted molar refractivity (Wildman–Crippen MR) is 106 cm³/mol. The fraction of sp³-hybridized carbons (Fsp3) is 0.450. The fourth-order valence-corrected chi connectivity index (χ4v) is 3.50. The van der Waals surface area contributed by atoms with Crippen LogP contribution in [-0.4, -0.2) is 43.2 Å². The summed E-state index contributed by atoms with van der Waals surface area (Å²) in [5.74, 6) is 0. The number of hydrogen-bond acceptors (Lipinski definition) is 3. The van der Waals surface area contributed by atoms with E-state index in [1.165, 1.54) is 11.1 Å². The third-order valence-corrected chi connectivity index (χ3v) is 4.95. The standard InChI is InChI=1S/C20H29N3OS/c1-20(2,13-17-10-11-25-15-17)22-19(24)21-14-18(23(3)4)12-16-8-6-5-7-9-16/h5-11,15,18H,12-14H2,1-4H3,(H2,21,22,24)/t18-/m1/s1. The molecule has 0 saturated carbocycles. The summed E-state index contributed by atoms with van der Waals surface area (Å²) in [5.41, 5.74) is 2.25. The Labute approximate surface area is 155 Å². The van der Waals surface area contributed by atoms with Crippen molar-refractivity contribution in [1.82, 2.24) is 15.5 Å². The van der Waals surface area contributed by atoms with Gasteiger partial charge in [-0.3, -0.25) is 0 Å². The summed E-state index contributed by atoms with van der Waals surface area (Å²) in [6.45, 7) is 4.72. The molecule has 0 fully saturated rings. The zero-order valence-electron chi connectivity index (χ0n) is 15.6. The van der Waals surface area contributed by atoms with Gasteiger partial charge in [0.05, 0.1) is 0 Å². The second-order valence-electron chi connectivity index (χ2n) is 7.33. The Kier molecular flexibility index (Phi) is 7.02. The molecule has 2 aromatic rings. The molecule has 2 N–H and O–H groups in total. The first-order valence-corrected chi connectivity index (χ1v) is 9.57. The Bertz CT molecular complexity index is 638. The number of hydrogen-bond donors (Lipinski definition) is 2. The molecule has 0 radical (unpaired) electrons. The lowest BCUT2D eigenvalue weighted by Gasteiger charge is -2.28. The summed E-state index contributed by atoms with van der Waals surface area (Å²) in [6, 6.07) is 12.6. The van der Waals surface area contributed by atoms with Crippen LogP contribution in [0.5, 0.6) is 0 Å². The van der Waals surface area contributed by atoms with Crippen molar-refractivity contribution in [1.29, 1.82) is 0 Å². The van der Waals surface area contributed by atoms with Gasteiger partial charge in [-0.15, -0.1) is 0 Å². The summed E-state index contributed by atoms with van der Waals surface area (Å²) < 4.78 is 0. The van der Waals surface area contributed by atoms with Crippen molar-refractivity contribution in [2.75, 3.05) is 20.6 Å². The van der Waals surface area contributed by atoms with E-state index in [1.807, 2.05) is 20.2 Å². The Morgan fingerprint density at radius 3 is 2.48 bits per heavy atom. The van der Waals surface area contributed by atoms with Crippen molar-refractivity contribution in [3.8, 4) is 0 Å². The molecule has 1 heterocycles. The minimum Gasteiger partial charge on any atom is -0.337 e. The Hall–Kier alpha value is -1.85. The number of carbonyl (C=O) groups excluding carboxylic acids is 1. The minimum atomic E-state index is -0.280. The Morgan fingerprint density at radius 1 is 1.16 bits per heavy atom. The zero-order chi connectivity index (χ0) is 18.3. The van der Waals surface area contributed by atoms with Crippen LogP contribution in [0.4, 0.5) is 4.79 Å². The van der Waals surface area contributed by atoms with Gasteiger partial charge >= 0.3 is 6.03 Å². The van der Waals surface area contributed by atoms with Gasteiger partial charge in [-0.05, 0) is 68.7 Å². The van der Waals surface area contributed by atoms with Crippen molar-refractivity contribution in [3.05, 3.63) is 58.3 Å². The molecule has 1 aromatic carbocycles. The molecule has 1 atom stereocenters. The maximum absolute atomic E-state index is 12.3. The van der Waals surface area contributed by atoms with Crippen LogP contribution in [0, 0.1) is 0 Å². The van der Waals surface area contributed by atoms with Crippen LogP contribution < -0.4 is 10.6 Å². The first-order valence-electron chi connectivity index (χ1n) is 8.63. The van der Waals surface area contributed by atoms with Crippen molar-refractivity contribution in [3.63, 3.8) is 0 Å². The molecule has 0 unspecified atom stereocenters. The first kappa shape index (κ1) is 19.5. The van der Waals surface area contributed by atoms with Gasteiger partial charge in [-0.1, -0.05) is 30.3 Å². The lowest BCUT2D eigenvalue weighted by atomic mass is 9.97. The molecule has 0 aliphatic rings. The molecule has 5 heteroatoms. The Balaban J connectivity index is 1.83. The molecule has 136 valence electrons. The quantitative estimate of drug-likeness (QED) is 0.757. The zero-order valence-corrected chi connectivity index (χ0v) is 16.4. The van der Waals surface area contributed by atoms with Crippen LogP contribution in [0.2, 0.25) is 0 Å². The van der Waals surface area contributed by atoms with E-state index < -0.39 is 0 Å². The highest BCUT2D eigenvalue weighted by molar-refractivity contribution is 7.07. The van der Waals surface area contributed by atoms with Gasteiger partial charge in [-0.25, -0.2) is 4.79 Å². The molecule has 0 aliphatic heterocycles. The normalized spacial score (nSPS) is 12.8. The number of benzene rings is 1. The molecule has 4 nitrogen and oxygen atoms in total. The molecule has 2 amide bonds. The monoisotopic (exact) mass is 359 g/mol. The van der Waals surface area contributed by atoms with Crippen LogP contribution in [0.15, 0.2) is 47.2 Å². The van der Waals surface area contributed by atoms with Crippen molar-refractivity contribution >= 4 is 17.4 Å². The van der Waals surface area contributed by atoms with Crippen LogP contribution in [0.3, 0.4) is 0 Å². The first-order chi connectivity index (χ1) is 11.9. The smallest absolute Gasteiger partial charge is 0.315 e. The number of thiophene rings is 1. The number of amides is 2. The second-order valence-corrected chi connectivity index (χ2v) is 8.11. The summed E-state index contributed by atoms with van der Waals surface area (Å²) in [6.07, 6.45) is 1.73. The average molecular weight is 360 g/mol. The number of nitrogens with one attached hydrogen (secondary N) is 2. The molecule has 25 heavy (non-hydrogen) atoms. The third-order valence-electron chi connectivity index (χ3n) is 4.22. The summed E-state index contributed by atoms with van der Waals surface area (Å²) in [5, 5.41) is 10.3. The van der Waals surface area contributed by atoms with Crippen molar-refractivity contribution in [2.45, 2.75) is 38.3 Å². The number of likely N-dealkylation sites (N-methyl/N-ethyl adjacent to an activating group) is 1. The van der Waals surface area contributed by atoms with Crippen LogP contribution in [0.25, 0.3) is 0 Å². The van der Waals surface area contributed by atoms with Crippen molar-refractivity contribution in [2.24, 2.45) is 0 Å². The molecule has 1 aromatic heterocycles. The maximum atomic E-state index is 12.3. The van der Waals surface area contributed by atoms with Gasteiger partial charge in [0, 0.05) is 18.1 Å². The van der Waals surface area contributed by atoms with E-state index in [9.17, 15) is 4.79 Å². The van der Waals surface area contributed by atoms with E-state index in [2.05, 4.69) is 70.5 Å². The molecule has 0 spiro atoms. The minimum absolute atomic E-state index is 0.111. The number of nitrogens with zero attached hydrogens (tertiary/aromatic N) is 1. The average Bonchev–Trinajstić information content (AvgIpc) is 3.03. The predicted octanol–water partition coefficient (Wildman–Crippen LogP) is 3.54. The van der Waals surface area contributed by atoms with Gasteiger partial charge in [0.15, 0.2) is 0 Å². The van der Waals surface area contributed by atoms with E-state index >= 15 is 0 Å². The second kappa shape index (κ2) is 9.02. The fourth-order valence-electron chi connectivity index (χ4n) is 2.83. The third kappa shape index (κ3) is 6.88. The van der Waals surface area contributed by atoms with E-state index in [-0.39, 0.29) is 17.6 Å². The number of urea groups is 1. The van der Waals surface area contributed by atoms with E-state index in [4.69, 9.17) is 0 Å². The summed E-state index contributed by atoms with van der Waals surface area (Å²) in [4.78, 5) is 14.5. The lowest BCUT2D eigenvalue weighted by Crippen LogP contribution is -2.52. The van der Waals surface area contributed by atoms with Gasteiger partial charge < -0.3 is 15.5 Å². The molecular weight excluding hydrogens is 330 g/mol. The Morgan fingerprint density at radius 2 is 1.88 bits per heavy atom. The van der Waals surface area contributed by atoms with Gasteiger partial charge in [0.1, 0.15) is 0 Å². The van der Waals surface area contributed by atoms with Crippen molar-refractivity contribution < 1.29 is 4.79 Å². The van der Waals surface area contributed by atoms with Crippen LogP contribution in [-0.2, 0) is 12.8 Å². The summed E-state index contributed by atoms with van der Waals surface area (Å²) in [7, 11) is 4.10. The highest BCUT2D eigenvalue weighted by Crippen LogP contribution is 2.15. The molecule has 0 aliphatic carbocycles. The maximum Gasteiger partial charge on any atom is 0.315 e. The molecular formula is C20H29N3OS. The van der Waals surface area contributed by atoms with Gasteiger partial charge in [0.2, 0.25) is 0 Å².